The van der Waals surface area contributed by atoms with Crippen molar-refractivity contribution in [2.24, 2.45) is 0 Å². The quantitative estimate of drug-likeness (QED) is 0.655. The van der Waals surface area contributed by atoms with Crippen LogP contribution in [-0.4, -0.2) is 4.98 Å². The van der Waals surface area contributed by atoms with Gasteiger partial charge < -0.3 is 4.98 Å². The van der Waals surface area contributed by atoms with Crippen molar-refractivity contribution in [3.05, 3.63) is 48.2 Å². The van der Waals surface area contributed by atoms with Crippen LogP contribution in [0.5, 0.6) is 0 Å². The van der Waals surface area contributed by atoms with Crippen molar-refractivity contribution in [2.75, 3.05) is 0 Å². The van der Waals surface area contributed by atoms with Crippen LogP contribution in [-0.2, 0) is 0 Å². The Balaban J connectivity index is 2.55. The maximum Gasteiger partial charge on any atom is 0.0456 e. The SMILES string of the molecule is Cc1ccccc1-c1ccc[nH]1. The second-order valence-corrected chi connectivity index (χ2v) is 2.90. The number of hydrogen-bond acceptors (Lipinski definition) is 0. The molecule has 0 aliphatic rings. The van der Waals surface area contributed by atoms with Gasteiger partial charge in [-0.05, 0) is 24.6 Å². The Morgan fingerprint density at radius 2 is 1.83 bits per heavy atom. The van der Waals surface area contributed by atoms with Crippen LogP contribution in [0.4, 0.5) is 0 Å². The zero-order chi connectivity index (χ0) is 8.39. The van der Waals surface area contributed by atoms with Gasteiger partial charge in [0, 0.05) is 17.5 Å². The standard InChI is InChI=1S/C11H11N/c1-9-5-2-3-6-10(9)11-7-4-8-12-11/h2-8,12H,1H3. The van der Waals surface area contributed by atoms with Gasteiger partial charge in [0.2, 0.25) is 0 Å². The Kier molecular flexibility index (Phi) is 1.71. The molecule has 0 saturated heterocycles. The molecule has 1 aromatic carbocycles. The normalized spacial score (nSPS) is 10.1. The Labute approximate surface area is 72.1 Å². The predicted octanol–water partition coefficient (Wildman–Crippen LogP) is 2.99. The van der Waals surface area contributed by atoms with E-state index in [0.29, 0.717) is 0 Å². The van der Waals surface area contributed by atoms with E-state index < -0.39 is 0 Å². The highest BCUT2D eigenvalue weighted by Gasteiger charge is 1.98. The Bertz CT molecular complexity index is 360. The zero-order valence-corrected chi connectivity index (χ0v) is 7.04. The molecular weight excluding hydrogens is 146 g/mol. The van der Waals surface area contributed by atoms with E-state index in [0.717, 1.165) is 0 Å². The molecule has 0 aliphatic heterocycles. The van der Waals surface area contributed by atoms with E-state index in [1.54, 1.807) is 0 Å². The molecule has 0 spiro atoms. The number of rotatable bonds is 1. The fourth-order valence-electron chi connectivity index (χ4n) is 1.37. The van der Waals surface area contributed by atoms with E-state index in [4.69, 9.17) is 0 Å². The summed E-state index contributed by atoms with van der Waals surface area (Å²) in [6, 6.07) is 12.5. The van der Waals surface area contributed by atoms with Crippen LogP contribution in [0.1, 0.15) is 5.56 Å². The van der Waals surface area contributed by atoms with E-state index in [-0.39, 0.29) is 0 Å². The first-order valence-electron chi connectivity index (χ1n) is 4.07. The van der Waals surface area contributed by atoms with Gasteiger partial charge in [0.1, 0.15) is 0 Å². The summed E-state index contributed by atoms with van der Waals surface area (Å²) in [6.07, 6.45) is 1.95. The lowest BCUT2D eigenvalue weighted by atomic mass is 10.1. The van der Waals surface area contributed by atoms with Crippen molar-refractivity contribution in [3.63, 3.8) is 0 Å². The third-order valence-electron chi connectivity index (χ3n) is 2.03. The predicted molar refractivity (Wildman–Crippen MR) is 51.0 cm³/mol. The summed E-state index contributed by atoms with van der Waals surface area (Å²) in [7, 11) is 0. The third kappa shape index (κ3) is 1.14. The molecule has 2 aromatic rings. The Hall–Kier alpha value is -1.50. The van der Waals surface area contributed by atoms with Crippen LogP contribution in [0, 0.1) is 6.92 Å². The first kappa shape index (κ1) is 7.17. The molecule has 0 fully saturated rings. The number of aromatic amines is 1. The highest BCUT2D eigenvalue weighted by atomic mass is 14.7. The molecule has 1 nitrogen and oxygen atoms in total. The van der Waals surface area contributed by atoms with Crippen LogP contribution in [0.3, 0.4) is 0 Å². The summed E-state index contributed by atoms with van der Waals surface area (Å²) in [6.45, 7) is 2.12. The van der Waals surface area contributed by atoms with Crippen LogP contribution >= 0.6 is 0 Å². The van der Waals surface area contributed by atoms with E-state index in [9.17, 15) is 0 Å². The van der Waals surface area contributed by atoms with Gasteiger partial charge in [-0.3, -0.25) is 0 Å². The number of hydrogen-bond donors (Lipinski definition) is 1. The second kappa shape index (κ2) is 2.86. The lowest BCUT2D eigenvalue weighted by molar-refractivity contribution is 1.37. The van der Waals surface area contributed by atoms with Crippen LogP contribution in [0.2, 0.25) is 0 Å². The molecule has 0 atom stereocenters. The van der Waals surface area contributed by atoms with Gasteiger partial charge in [0.25, 0.3) is 0 Å². The summed E-state index contributed by atoms with van der Waals surface area (Å²) in [5, 5.41) is 0. The molecule has 0 amide bonds. The van der Waals surface area contributed by atoms with Gasteiger partial charge in [-0.25, -0.2) is 0 Å². The van der Waals surface area contributed by atoms with Crippen LogP contribution in [0.15, 0.2) is 42.6 Å². The molecule has 1 heteroatoms. The molecular formula is C11H11N. The van der Waals surface area contributed by atoms with Crippen molar-refractivity contribution < 1.29 is 0 Å². The third-order valence-corrected chi connectivity index (χ3v) is 2.03. The van der Waals surface area contributed by atoms with Gasteiger partial charge in [0.05, 0.1) is 0 Å². The van der Waals surface area contributed by atoms with Gasteiger partial charge in [0.15, 0.2) is 0 Å². The van der Waals surface area contributed by atoms with E-state index in [2.05, 4.69) is 42.2 Å². The molecule has 60 valence electrons. The summed E-state index contributed by atoms with van der Waals surface area (Å²) in [5.74, 6) is 0. The molecule has 0 unspecified atom stereocenters. The first-order valence-corrected chi connectivity index (χ1v) is 4.07. The average Bonchev–Trinajstić information content (AvgIpc) is 2.57. The van der Waals surface area contributed by atoms with E-state index in [1.165, 1.54) is 16.8 Å². The van der Waals surface area contributed by atoms with Crippen molar-refractivity contribution in [1.29, 1.82) is 0 Å². The summed E-state index contributed by atoms with van der Waals surface area (Å²) >= 11 is 0. The highest BCUT2D eigenvalue weighted by Crippen LogP contribution is 2.20. The van der Waals surface area contributed by atoms with Gasteiger partial charge in [-0.2, -0.15) is 0 Å². The van der Waals surface area contributed by atoms with Gasteiger partial charge in [-0.1, -0.05) is 24.3 Å². The molecule has 0 bridgehead atoms. The van der Waals surface area contributed by atoms with E-state index in [1.807, 2.05) is 12.3 Å². The van der Waals surface area contributed by atoms with Crippen LogP contribution < -0.4 is 0 Å². The van der Waals surface area contributed by atoms with Gasteiger partial charge in [-0.15, -0.1) is 0 Å². The molecule has 1 heterocycles. The topological polar surface area (TPSA) is 15.8 Å². The number of H-pyrrole nitrogens is 1. The minimum Gasteiger partial charge on any atom is -0.361 e. The number of nitrogens with one attached hydrogen (secondary N) is 1. The maximum absolute atomic E-state index is 3.19. The highest BCUT2D eigenvalue weighted by molar-refractivity contribution is 5.63. The average molecular weight is 157 g/mol. The second-order valence-electron chi connectivity index (χ2n) is 2.90. The molecule has 12 heavy (non-hydrogen) atoms. The number of benzene rings is 1. The Morgan fingerprint density at radius 1 is 1.00 bits per heavy atom. The van der Waals surface area contributed by atoms with E-state index >= 15 is 0 Å². The molecule has 1 aromatic heterocycles. The maximum atomic E-state index is 3.19. The largest absolute Gasteiger partial charge is 0.361 e. The monoisotopic (exact) mass is 157 g/mol. The number of aromatic nitrogens is 1. The smallest absolute Gasteiger partial charge is 0.0456 e. The lowest BCUT2D eigenvalue weighted by Crippen LogP contribution is -1.80. The molecule has 0 saturated carbocycles. The fourth-order valence-corrected chi connectivity index (χ4v) is 1.37. The fraction of sp³-hybridized carbons (Fsp3) is 0.0909. The molecule has 1 N–H and O–H groups in total. The van der Waals surface area contributed by atoms with Crippen LogP contribution in [0.25, 0.3) is 11.3 Å². The van der Waals surface area contributed by atoms with Crippen molar-refractivity contribution >= 4 is 0 Å². The molecule has 0 radical (unpaired) electrons. The van der Waals surface area contributed by atoms with Gasteiger partial charge >= 0.3 is 0 Å². The minimum atomic E-state index is 1.19. The van der Waals surface area contributed by atoms with Crippen molar-refractivity contribution in [3.8, 4) is 11.3 Å². The summed E-state index contributed by atoms with van der Waals surface area (Å²) in [5.41, 5.74) is 3.77. The zero-order valence-electron chi connectivity index (χ0n) is 7.04. The Morgan fingerprint density at radius 3 is 2.50 bits per heavy atom. The molecule has 0 aliphatic carbocycles. The van der Waals surface area contributed by atoms with Crippen molar-refractivity contribution in [1.82, 2.24) is 4.98 Å². The number of aryl methyl sites for hydroxylation is 1. The summed E-state index contributed by atoms with van der Waals surface area (Å²) in [4.78, 5) is 3.19. The first-order chi connectivity index (χ1) is 5.88. The van der Waals surface area contributed by atoms with Crippen molar-refractivity contribution in [2.45, 2.75) is 6.92 Å². The lowest BCUT2D eigenvalue weighted by Gasteiger charge is -2.01. The summed E-state index contributed by atoms with van der Waals surface area (Å²) < 4.78 is 0. The minimum absolute atomic E-state index is 1.19. The molecule has 2 rings (SSSR count).